The van der Waals surface area contributed by atoms with E-state index in [1.807, 2.05) is 0 Å². The van der Waals surface area contributed by atoms with Crippen LogP contribution in [0.5, 0.6) is 5.75 Å². The first-order valence-corrected chi connectivity index (χ1v) is 10.6. The second-order valence-electron chi connectivity index (χ2n) is 6.58. The van der Waals surface area contributed by atoms with Gasteiger partial charge in [-0.05, 0) is 35.4 Å². The number of rotatable bonds is 7. The highest BCUT2D eigenvalue weighted by Gasteiger charge is 2.26. The lowest BCUT2D eigenvalue weighted by atomic mass is 10.1. The topological polar surface area (TPSA) is 84.9 Å². The van der Waals surface area contributed by atoms with Gasteiger partial charge in [-0.2, -0.15) is 4.31 Å². The molecule has 29 heavy (non-hydrogen) atoms. The van der Waals surface area contributed by atoms with Crippen molar-refractivity contribution in [2.24, 2.45) is 0 Å². The van der Waals surface area contributed by atoms with Crippen LogP contribution in [0, 0.1) is 5.82 Å². The van der Waals surface area contributed by atoms with E-state index in [4.69, 9.17) is 9.47 Å². The SMILES string of the molecule is COc1ccc(CC(=O)NCc2ccc(S(=O)(=O)N3CCOCC3)cc2)cc1F. The molecule has 1 N–H and O–H groups in total. The highest BCUT2D eigenvalue weighted by molar-refractivity contribution is 7.89. The summed E-state index contributed by atoms with van der Waals surface area (Å²) in [7, 11) is -2.16. The van der Waals surface area contributed by atoms with Crippen LogP contribution in [0.15, 0.2) is 47.4 Å². The molecular weight excluding hydrogens is 399 g/mol. The number of benzene rings is 2. The normalized spacial score (nSPS) is 15.1. The van der Waals surface area contributed by atoms with Crippen LogP contribution in [-0.2, 0) is 32.5 Å². The number of morpholine rings is 1. The van der Waals surface area contributed by atoms with E-state index in [0.717, 1.165) is 5.56 Å². The van der Waals surface area contributed by atoms with E-state index in [-0.39, 0.29) is 29.5 Å². The first-order valence-electron chi connectivity index (χ1n) is 9.16. The summed E-state index contributed by atoms with van der Waals surface area (Å²) in [6, 6.07) is 10.8. The fraction of sp³-hybridized carbons (Fsp3) is 0.350. The van der Waals surface area contributed by atoms with Gasteiger partial charge in [0.25, 0.3) is 0 Å². The quantitative estimate of drug-likeness (QED) is 0.734. The number of carbonyl (C=O) groups excluding carboxylic acids is 1. The summed E-state index contributed by atoms with van der Waals surface area (Å²) < 4.78 is 50.4. The highest BCUT2D eigenvalue weighted by atomic mass is 32.2. The first-order chi connectivity index (χ1) is 13.9. The van der Waals surface area contributed by atoms with Gasteiger partial charge in [0.1, 0.15) is 0 Å². The molecule has 0 atom stereocenters. The Labute approximate surface area is 169 Å². The molecule has 0 unspecified atom stereocenters. The average molecular weight is 422 g/mol. The van der Waals surface area contributed by atoms with Gasteiger partial charge in [0.15, 0.2) is 11.6 Å². The Morgan fingerprint density at radius 3 is 2.41 bits per heavy atom. The predicted molar refractivity (Wildman–Crippen MR) is 105 cm³/mol. The standard InChI is InChI=1S/C20H23FN2O5S/c1-27-19-7-4-16(12-18(19)21)13-20(24)22-14-15-2-5-17(6-3-15)29(25,26)23-8-10-28-11-9-23/h2-7,12H,8-11,13-14H2,1H3,(H,22,24). The minimum Gasteiger partial charge on any atom is -0.494 e. The van der Waals surface area contributed by atoms with Gasteiger partial charge in [0.05, 0.1) is 31.6 Å². The smallest absolute Gasteiger partial charge is 0.243 e. The van der Waals surface area contributed by atoms with Crippen molar-refractivity contribution in [2.45, 2.75) is 17.9 Å². The Kier molecular flexibility index (Phi) is 6.83. The lowest BCUT2D eigenvalue weighted by Gasteiger charge is -2.26. The lowest BCUT2D eigenvalue weighted by molar-refractivity contribution is -0.120. The second-order valence-corrected chi connectivity index (χ2v) is 8.52. The number of halogens is 1. The molecule has 3 rings (SSSR count). The molecule has 1 aliphatic heterocycles. The molecule has 1 saturated heterocycles. The molecule has 1 aliphatic rings. The molecule has 1 heterocycles. The van der Waals surface area contributed by atoms with Crippen molar-refractivity contribution in [3.05, 3.63) is 59.4 Å². The van der Waals surface area contributed by atoms with Crippen molar-refractivity contribution in [3.8, 4) is 5.75 Å². The van der Waals surface area contributed by atoms with Gasteiger partial charge in [-0.3, -0.25) is 4.79 Å². The van der Waals surface area contributed by atoms with E-state index < -0.39 is 15.8 Å². The Morgan fingerprint density at radius 1 is 1.14 bits per heavy atom. The van der Waals surface area contributed by atoms with Crippen molar-refractivity contribution < 1.29 is 27.1 Å². The van der Waals surface area contributed by atoms with Crippen LogP contribution in [0.2, 0.25) is 0 Å². The second kappa shape index (κ2) is 9.34. The van der Waals surface area contributed by atoms with Gasteiger partial charge >= 0.3 is 0 Å². The molecule has 1 amide bonds. The summed E-state index contributed by atoms with van der Waals surface area (Å²) >= 11 is 0. The Hall–Kier alpha value is -2.49. The maximum absolute atomic E-state index is 13.7. The number of ether oxygens (including phenoxy) is 2. The zero-order chi connectivity index (χ0) is 20.9. The highest BCUT2D eigenvalue weighted by Crippen LogP contribution is 2.19. The molecule has 1 fully saturated rings. The first kappa shape index (κ1) is 21.2. The van der Waals surface area contributed by atoms with Gasteiger partial charge in [0, 0.05) is 19.6 Å². The largest absolute Gasteiger partial charge is 0.494 e. The Balaban J connectivity index is 1.56. The van der Waals surface area contributed by atoms with Crippen LogP contribution < -0.4 is 10.1 Å². The minimum atomic E-state index is -3.54. The molecule has 2 aromatic rings. The molecule has 0 saturated carbocycles. The van der Waals surface area contributed by atoms with Crippen LogP contribution in [0.3, 0.4) is 0 Å². The van der Waals surface area contributed by atoms with Gasteiger partial charge < -0.3 is 14.8 Å². The number of hydrogen-bond donors (Lipinski definition) is 1. The average Bonchev–Trinajstić information content (AvgIpc) is 2.73. The van der Waals surface area contributed by atoms with Gasteiger partial charge in [-0.25, -0.2) is 12.8 Å². The third-order valence-corrected chi connectivity index (χ3v) is 6.51. The van der Waals surface area contributed by atoms with E-state index in [1.165, 1.54) is 35.7 Å². The summed E-state index contributed by atoms with van der Waals surface area (Å²) in [5, 5.41) is 2.75. The Bertz CT molecular complexity index is 957. The summed E-state index contributed by atoms with van der Waals surface area (Å²) in [4.78, 5) is 12.3. The number of methoxy groups -OCH3 is 1. The molecule has 9 heteroatoms. The van der Waals surface area contributed by atoms with Gasteiger partial charge in [0.2, 0.25) is 15.9 Å². The van der Waals surface area contributed by atoms with Crippen molar-refractivity contribution in [1.82, 2.24) is 9.62 Å². The maximum atomic E-state index is 13.7. The molecular formula is C20H23FN2O5S. The molecule has 156 valence electrons. The minimum absolute atomic E-state index is 0.0322. The number of amides is 1. The third-order valence-electron chi connectivity index (χ3n) is 4.60. The van der Waals surface area contributed by atoms with Gasteiger partial charge in [-0.1, -0.05) is 18.2 Å². The van der Waals surface area contributed by atoms with E-state index in [2.05, 4.69) is 5.32 Å². The summed E-state index contributed by atoms with van der Waals surface area (Å²) in [6.07, 6.45) is 0.0322. The summed E-state index contributed by atoms with van der Waals surface area (Å²) in [6.45, 7) is 1.70. The number of nitrogens with zero attached hydrogens (tertiary/aromatic N) is 1. The van der Waals surface area contributed by atoms with Crippen LogP contribution in [0.4, 0.5) is 4.39 Å². The van der Waals surface area contributed by atoms with Crippen LogP contribution in [0.25, 0.3) is 0 Å². The van der Waals surface area contributed by atoms with Crippen molar-refractivity contribution in [1.29, 1.82) is 0 Å². The summed E-state index contributed by atoms with van der Waals surface area (Å²) in [5.74, 6) is -0.657. The van der Waals surface area contributed by atoms with Crippen LogP contribution in [0.1, 0.15) is 11.1 Å². The van der Waals surface area contributed by atoms with Gasteiger partial charge in [-0.15, -0.1) is 0 Å². The van der Waals surface area contributed by atoms with Crippen molar-refractivity contribution >= 4 is 15.9 Å². The zero-order valence-electron chi connectivity index (χ0n) is 16.1. The zero-order valence-corrected chi connectivity index (χ0v) is 16.9. The Morgan fingerprint density at radius 2 is 1.79 bits per heavy atom. The number of hydrogen-bond acceptors (Lipinski definition) is 5. The van der Waals surface area contributed by atoms with Crippen molar-refractivity contribution in [2.75, 3.05) is 33.4 Å². The molecule has 0 aliphatic carbocycles. The molecule has 0 bridgehead atoms. The fourth-order valence-electron chi connectivity index (χ4n) is 2.98. The third kappa shape index (κ3) is 5.31. The molecule has 2 aromatic carbocycles. The fourth-order valence-corrected chi connectivity index (χ4v) is 4.39. The molecule has 0 radical (unpaired) electrons. The van der Waals surface area contributed by atoms with Crippen molar-refractivity contribution in [3.63, 3.8) is 0 Å². The predicted octanol–water partition coefficient (Wildman–Crippen LogP) is 1.71. The van der Waals surface area contributed by atoms with Crippen LogP contribution >= 0.6 is 0 Å². The van der Waals surface area contributed by atoms with E-state index >= 15 is 0 Å². The number of carbonyl (C=O) groups is 1. The van der Waals surface area contributed by atoms with E-state index in [0.29, 0.717) is 31.9 Å². The van der Waals surface area contributed by atoms with E-state index in [9.17, 15) is 17.6 Å². The lowest BCUT2D eigenvalue weighted by Crippen LogP contribution is -2.40. The number of nitrogens with one attached hydrogen (secondary N) is 1. The molecule has 0 spiro atoms. The van der Waals surface area contributed by atoms with E-state index in [1.54, 1.807) is 18.2 Å². The number of sulfonamides is 1. The molecule has 7 nitrogen and oxygen atoms in total. The summed E-state index contributed by atoms with van der Waals surface area (Å²) in [5.41, 5.74) is 1.30. The molecule has 0 aromatic heterocycles. The maximum Gasteiger partial charge on any atom is 0.243 e. The van der Waals surface area contributed by atoms with Crippen LogP contribution in [-0.4, -0.2) is 52.0 Å². The monoisotopic (exact) mass is 422 g/mol.